The summed E-state index contributed by atoms with van der Waals surface area (Å²) in [6.45, 7) is 3.91. The largest absolute Gasteiger partial charge is 0.468 e. The fourth-order valence-electron chi connectivity index (χ4n) is 3.00. The molecule has 1 unspecified atom stereocenters. The van der Waals surface area contributed by atoms with Crippen molar-refractivity contribution in [2.45, 2.75) is 32.2 Å². The second-order valence-electron chi connectivity index (χ2n) is 5.36. The maximum Gasteiger partial charge on any atom is 0.298 e. The number of rotatable bonds is 5. The Morgan fingerprint density at radius 3 is 2.86 bits per heavy atom. The average Bonchev–Trinajstić information content (AvgIpc) is 2.93. The summed E-state index contributed by atoms with van der Waals surface area (Å²) >= 11 is 0. The Morgan fingerprint density at radius 2 is 2.18 bits per heavy atom. The number of aromatic nitrogens is 3. The number of fused-ring (bicyclic) bond motifs is 1. The van der Waals surface area contributed by atoms with Crippen LogP contribution in [0, 0.1) is 0 Å². The minimum absolute atomic E-state index is 0.264. The molecule has 3 heterocycles. The molecule has 120 valence electrons. The fourth-order valence-corrected chi connectivity index (χ4v) is 3.00. The molecule has 7 nitrogen and oxygen atoms in total. The smallest absolute Gasteiger partial charge is 0.298 e. The van der Waals surface area contributed by atoms with Gasteiger partial charge in [-0.3, -0.25) is 9.47 Å². The quantitative estimate of drug-likeness (QED) is 0.842. The Bertz CT molecular complexity index is 622. The number of aliphatic hydroxyl groups excluding tert-OH is 1. The predicted octanol–water partition coefficient (Wildman–Crippen LogP) is 1.39. The molecule has 1 N–H and O–H groups in total. The molecule has 0 bridgehead atoms. The number of hydrogen-bond donors (Lipinski definition) is 1. The van der Waals surface area contributed by atoms with Crippen molar-refractivity contribution in [3.63, 3.8) is 0 Å². The summed E-state index contributed by atoms with van der Waals surface area (Å²) in [7, 11) is 1.63. The van der Waals surface area contributed by atoms with Crippen LogP contribution in [0.4, 0.5) is 0 Å². The van der Waals surface area contributed by atoms with Crippen molar-refractivity contribution in [3.8, 4) is 6.01 Å². The third-order valence-corrected chi connectivity index (χ3v) is 4.09. The number of likely N-dealkylation sites (tertiary alicyclic amines) is 1. The van der Waals surface area contributed by atoms with E-state index in [1.165, 1.54) is 0 Å². The van der Waals surface area contributed by atoms with E-state index in [1.807, 2.05) is 24.0 Å². The first-order valence-corrected chi connectivity index (χ1v) is 7.65. The molecule has 1 fully saturated rings. The molecule has 0 amide bonds. The second kappa shape index (κ2) is 6.60. The van der Waals surface area contributed by atoms with Crippen LogP contribution in [0.3, 0.4) is 0 Å². The lowest BCUT2D eigenvalue weighted by Gasteiger charge is -2.35. The Hall–Kier alpha value is -1.70. The van der Waals surface area contributed by atoms with Gasteiger partial charge in [0.1, 0.15) is 5.52 Å². The van der Waals surface area contributed by atoms with E-state index in [-0.39, 0.29) is 6.04 Å². The van der Waals surface area contributed by atoms with E-state index in [1.54, 1.807) is 13.3 Å². The normalized spacial score (nSPS) is 18.7. The first-order chi connectivity index (χ1) is 10.7. The highest BCUT2D eigenvalue weighted by atomic mass is 16.6. The maximum atomic E-state index is 9.91. The van der Waals surface area contributed by atoms with Crippen LogP contribution in [-0.2, 0) is 4.74 Å². The molecule has 0 radical (unpaired) electrons. The molecule has 1 aliphatic rings. The van der Waals surface area contributed by atoms with Gasteiger partial charge in [0.25, 0.3) is 6.01 Å². The minimum atomic E-state index is -0.814. The summed E-state index contributed by atoms with van der Waals surface area (Å²) in [5.41, 5.74) is 1.69. The molecule has 2 aromatic rings. The number of hydrogen-bond acceptors (Lipinski definition) is 6. The molecule has 2 aromatic heterocycles. The van der Waals surface area contributed by atoms with Gasteiger partial charge in [-0.1, -0.05) is 0 Å². The number of aliphatic hydroxyl groups is 1. The van der Waals surface area contributed by atoms with Gasteiger partial charge in [-0.05, 0) is 31.9 Å². The summed E-state index contributed by atoms with van der Waals surface area (Å²) in [5.74, 6) is 0. The van der Waals surface area contributed by atoms with E-state index < -0.39 is 6.41 Å². The number of nitrogens with zero attached hydrogens (tertiary/aromatic N) is 4. The van der Waals surface area contributed by atoms with Crippen LogP contribution in [0.2, 0.25) is 0 Å². The highest BCUT2D eigenvalue weighted by Crippen LogP contribution is 2.31. The van der Waals surface area contributed by atoms with E-state index in [2.05, 4.69) is 14.5 Å². The summed E-state index contributed by atoms with van der Waals surface area (Å²) in [6, 6.07) is 4.67. The summed E-state index contributed by atoms with van der Waals surface area (Å²) in [6.07, 6.45) is 2.74. The van der Waals surface area contributed by atoms with E-state index in [9.17, 15) is 5.11 Å². The van der Waals surface area contributed by atoms with Crippen molar-refractivity contribution >= 4 is 11.2 Å². The molecule has 0 spiro atoms. The minimum Gasteiger partial charge on any atom is -0.468 e. The molecular formula is C15H22N4O3. The summed E-state index contributed by atoms with van der Waals surface area (Å²) < 4.78 is 12.7. The van der Waals surface area contributed by atoms with Crippen LogP contribution < -0.4 is 4.74 Å². The first kappa shape index (κ1) is 15.2. The number of methoxy groups -OCH3 is 1. The highest BCUT2D eigenvalue weighted by Gasteiger charge is 2.28. The number of piperidine rings is 1. The third kappa shape index (κ3) is 2.79. The topological polar surface area (TPSA) is 72.6 Å². The lowest BCUT2D eigenvalue weighted by Crippen LogP contribution is -2.43. The van der Waals surface area contributed by atoms with Gasteiger partial charge in [-0.25, -0.2) is 4.98 Å². The molecular weight excluding hydrogens is 284 g/mol. The SMILES string of the molecule is CCOC(O)N1CCC(n2c(OC)nc3cccnc32)CC1. The van der Waals surface area contributed by atoms with Gasteiger partial charge in [0.2, 0.25) is 6.41 Å². The second-order valence-corrected chi connectivity index (χ2v) is 5.36. The van der Waals surface area contributed by atoms with Gasteiger partial charge in [0.05, 0.1) is 7.11 Å². The van der Waals surface area contributed by atoms with Crippen molar-refractivity contribution in [3.05, 3.63) is 18.3 Å². The van der Waals surface area contributed by atoms with Gasteiger partial charge in [0, 0.05) is 31.9 Å². The standard InChI is InChI=1S/C15H22N4O3/c1-3-22-15(20)18-9-6-11(7-10-18)19-13-12(5-4-8-16-13)17-14(19)21-2/h4-5,8,11,15,20H,3,6-7,9-10H2,1-2H3. The first-order valence-electron chi connectivity index (χ1n) is 7.65. The van der Waals surface area contributed by atoms with Crippen LogP contribution in [0.15, 0.2) is 18.3 Å². The van der Waals surface area contributed by atoms with E-state index in [0.717, 1.165) is 37.1 Å². The van der Waals surface area contributed by atoms with Gasteiger partial charge >= 0.3 is 0 Å². The van der Waals surface area contributed by atoms with Crippen LogP contribution in [0.5, 0.6) is 6.01 Å². The molecule has 1 aliphatic heterocycles. The zero-order valence-electron chi connectivity index (χ0n) is 13.0. The summed E-state index contributed by atoms with van der Waals surface area (Å²) in [5, 5.41) is 9.91. The van der Waals surface area contributed by atoms with Crippen LogP contribution in [0.25, 0.3) is 11.2 Å². The molecule has 0 saturated carbocycles. The molecule has 1 atom stereocenters. The molecule has 7 heteroatoms. The Labute approximate surface area is 129 Å². The maximum absolute atomic E-state index is 9.91. The van der Waals surface area contributed by atoms with Crippen molar-refractivity contribution in [1.82, 2.24) is 19.4 Å². The molecule has 0 aromatic carbocycles. The Kier molecular flexibility index (Phi) is 4.56. The van der Waals surface area contributed by atoms with E-state index in [4.69, 9.17) is 9.47 Å². The average molecular weight is 306 g/mol. The number of pyridine rings is 1. The summed E-state index contributed by atoms with van der Waals surface area (Å²) in [4.78, 5) is 10.9. The van der Waals surface area contributed by atoms with Gasteiger partial charge in [-0.2, -0.15) is 4.98 Å². The lowest BCUT2D eigenvalue weighted by molar-refractivity contribution is -0.196. The monoisotopic (exact) mass is 306 g/mol. The van der Waals surface area contributed by atoms with Crippen molar-refractivity contribution in [2.24, 2.45) is 0 Å². The van der Waals surface area contributed by atoms with Crippen molar-refractivity contribution in [2.75, 3.05) is 26.8 Å². The fraction of sp³-hybridized carbons (Fsp3) is 0.600. The Morgan fingerprint density at radius 1 is 1.41 bits per heavy atom. The van der Waals surface area contributed by atoms with Gasteiger partial charge < -0.3 is 14.6 Å². The van der Waals surface area contributed by atoms with Gasteiger partial charge in [0.15, 0.2) is 5.65 Å². The van der Waals surface area contributed by atoms with Crippen molar-refractivity contribution in [1.29, 1.82) is 0 Å². The number of ether oxygens (including phenoxy) is 2. The molecule has 22 heavy (non-hydrogen) atoms. The van der Waals surface area contributed by atoms with E-state index in [0.29, 0.717) is 12.6 Å². The lowest BCUT2D eigenvalue weighted by atomic mass is 10.1. The third-order valence-electron chi connectivity index (χ3n) is 4.09. The van der Waals surface area contributed by atoms with Crippen molar-refractivity contribution < 1.29 is 14.6 Å². The Balaban J connectivity index is 1.79. The molecule has 3 rings (SSSR count). The predicted molar refractivity (Wildman–Crippen MR) is 81.6 cm³/mol. The van der Waals surface area contributed by atoms with Gasteiger partial charge in [-0.15, -0.1) is 0 Å². The highest BCUT2D eigenvalue weighted by molar-refractivity contribution is 5.72. The zero-order chi connectivity index (χ0) is 15.5. The van der Waals surface area contributed by atoms with Crippen LogP contribution in [-0.4, -0.2) is 57.8 Å². The van der Waals surface area contributed by atoms with Crippen LogP contribution >= 0.6 is 0 Å². The molecule has 0 aliphatic carbocycles. The van der Waals surface area contributed by atoms with E-state index >= 15 is 0 Å². The zero-order valence-corrected chi connectivity index (χ0v) is 13.0. The molecule has 1 saturated heterocycles. The van der Waals surface area contributed by atoms with Crippen LogP contribution in [0.1, 0.15) is 25.8 Å². The number of imidazole rings is 1.